The molecule has 0 atom stereocenters. The Hall–Kier alpha value is -6.98. The first-order valence-corrected chi connectivity index (χ1v) is 17.0. The third-order valence-corrected chi connectivity index (χ3v) is 9.49. The molecule has 8 aromatic carbocycles. The standard InChI is InChI=1S/C46H29N3O2/c1-4-14-30(15-5-1)43-35-20-10-12-22-37(35)44(38-23-13-11-21-36(38)43)49(33-25-27-41-40(28-33)48-46(50-41)32-18-8-3-9-19-32)34-24-26-39-42(29-34)51-45(47-39)31-16-6-2-7-17-31/h1-29H. The minimum atomic E-state index is 0.592. The number of benzene rings is 8. The van der Waals surface area contributed by atoms with Gasteiger partial charge in [0.15, 0.2) is 11.2 Å². The Morgan fingerprint density at radius 3 is 1.45 bits per heavy atom. The molecule has 0 radical (unpaired) electrons. The molecule has 5 heteroatoms. The van der Waals surface area contributed by atoms with Crippen LogP contribution in [0.2, 0.25) is 0 Å². The van der Waals surface area contributed by atoms with Crippen molar-refractivity contribution >= 4 is 60.8 Å². The minimum absolute atomic E-state index is 0.592. The second-order valence-corrected chi connectivity index (χ2v) is 12.6. The highest BCUT2D eigenvalue weighted by molar-refractivity contribution is 6.22. The zero-order valence-electron chi connectivity index (χ0n) is 27.4. The third-order valence-electron chi connectivity index (χ3n) is 9.49. The fourth-order valence-corrected chi connectivity index (χ4v) is 7.19. The molecule has 0 fully saturated rings. The Bertz CT molecular complexity index is 2690. The molecule has 51 heavy (non-hydrogen) atoms. The molecular formula is C46H29N3O2. The molecule has 10 rings (SSSR count). The monoisotopic (exact) mass is 655 g/mol. The lowest BCUT2D eigenvalue weighted by atomic mass is 9.90. The van der Waals surface area contributed by atoms with Crippen LogP contribution < -0.4 is 4.90 Å². The first-order valence-electron chi connectivity index (χ1n) is 17.0. The summed E-state index contributed by atoms with van der Waals surface area (Å²) in [4.78, 5) is 12.1. The molecule has 0 aliphatic rings. The summed E-state index contributed by atoms with van der Waals surface area (Å²) < 4.78 is 12.7. The van der Waals surface area contributed by atoms with Crippen LogP contribution in [0.25, 0.3) is 77.8 Å². The van der Waals surface area contributed by atoms with E-state index in [0.29, 0.717) is 17.4 Å². The second kappa shape index (κ2) is 11.9. The molecule has 2 aromatic heterocycles. The van der Waals surface area contributed by atoms with E-state index >= 15 is 0 Å². The number of oxazole rings is 2. The summed E-state index contributed by atoms with van der Waals surface area (Å²) in [7, 11) is 0. The van der Waals surface area contributed by atoms with Gasteiger partial charge < -0.3 is 13.7 Å². The summed E-state index contributed by atoms with van der Waals surface area (Å²) in [5, 5.41) is 4.60. The lowest BCUT2D eigenvalue weighted by molar-refractivity contribution is 0.619. The molecule has 2 heterocycles. The fourth-order valence-electron chi connectivity index (χ4n) is 7.19. The molecule has 0 amide bonds. The predicted octanol–water partition coefficient (Wildman–Crippen LogP) is 12.7. The van der Waals surface area contributed by atoms with Crippen LogP contribution in [0.1, 0.15) is 0 Å². The van der Waals surface area contributed by atoms with Crippen molar-refractivity contribution in [2.24, 2.45) is 0 Å². The molecule has 0 N–H and O–H groups in total. The highest BCUT2D eigenvalue weighted by Crippen LogP contribution is 2.48. The van der Waals surface area contributed by atoms with Gasteiger partial charge in [0.25, 0.3) is 0 Å². The lowest BCUT2D eigenvalue weighted by Gasteiger charge is -2.29. The normalized spacial score (nSPS) is 11.5. The summed E-state index contributed by atoms with van der Waals surface area (Å²) in [6.07, 6.45) is 0. The Balaban J connectivity index is 1.25. The van der Waals surface area contributed by atoms with Crippen molar-refractivity contribution in [3.63, 3.8) is 0 Å². The number of aromatic nitrogens is 2. The maximum absolute atomic E-state index is 6.43. The molecule has 0 saturated heterocycles. The summed E-state index contributed by atoms with van der Waals surface area (Å²) in [5.41, 5.74) is 10.2. The number of anilines is 3. The van der Waals surface area contributed by atoms with Crippen LogP contribution in [0.3, 0.4) is 0 Å². The number of hydrogen-bond donors (Lipinski definition) is 0. The van der Waals surface area contributed by atoms with Gasteiger partial charge >= 0.3 is 0 Å². The van der Waals surface area contributed by atoms with Crippen molar-refractivity contribution in [2.45, 2.75) is 0 Å². The number of fused-ring (bicyclic) bond motifs is 4. The van der Waals surface area contributed by atoms with E-state index in [1.165, 1.54) is 21.9 Å². The van der Waals surface area contributed by atoms with E-state index in [9.17, 15) is 0 Å². The highest BCUT2D eigenvalue weighted by Gasteiger charge is 2.24. The van der Waals surface area contributed by atoms with E-state index in [0.717, 1.165) is 55.6 Å². The quantitative estimate of drug-likeness (QED) is 0.167. The van der Waals surface area contributed by atoms with Crippen LogP contribution >= 0.6 is 0 Å². The summed E-state index contributed by atoms with van der Waals surface area (Å²) in [6.45, 7) is 0. The van der Waals surface area contributed by atoms with Gasteiger partial charge in [-0.3, -0.25) is 0 Å². The van der Waals surface area contributed by atoms with E-state index in [4.69, 9.17) is 18.8 Å². The molecule has 10 aromatic rings. The van der Waals surface area contributed by atoms with Gasteiger partial charge in [0.05, 0.1) is 11.4 Å². The second-order valence-electron chi connectivity index (χ2n) is 12.6. The van der Waals surface area contributed by atoms with Crippen LogP contribution in [0, 0.1) is 0 Å². The molecule has 0 spiro atoms. The van der Waals surface area contributed by atoms with Crippen LogP contribution in [-0.2, 0) is 0 Å². The average Bonchev–Trinajstić information content (AvgIpc) is 3.83. The van der Waals surface area contributed by atoms with Crippen molar-refractivity contribution in [2.75, 3.05) is 4.90 Å². The SMILES string of the molecule is c1ccc(-c2nc3cc(N(c4ccc5nc(-c6ccccc6)oc5c4)c4c5ccccc5c(-c5ccccc5)c5ccccc45)ccc3o2)cc1. The average molecular weight is 656 g/mol. The predicted molar refractivity (Wildman–Crippen MR) is 208 cm³/mol. The topological polar surface area (TPSA) is 55.3 Å². The molecule has 240 valence electrons. The Morgan fingerprint density at radius 2 is 0.843 bits per heavy atom. The lowest BCUT2D eigenvalue weighted by Crippen LogP contribution is -2.11. The summed E-state index contributed by atoms with van der Waals surface area (Å²) >= 11 is 0. The largest absolute Gasteiger partial charge is 0.436 e. The van der Waals surface area contributed by atoms with Gasteiger partial charge in [-0.05, 0) is 76.5 Å². The minimum Gasteiger partial charge on any atom is -0.436 e. The Morgan fingerprint density at radius 1 is 0.373 bits per heavy atom. The van der Waals surface area contributed by atoms with E-state index in [1.807, 2.05) is 72.8 Å². The van der Waals surface area contributed by atoms with Gasteiger partial charge in [-0.15, -0.1) is 0 Å². The smallest absolute Gasteiger partial charge is 0.227 e. The van der Waals surface area contributed by atoms with Gasteiger partial charge in [0.1, 0.15) is 11.0 Å². The van der Waals surface area contributed by atoms with Crippen molar-refractivity contribution in [1.82, 2.24) is 9.97 Å². The number of nitrogens with zero attached hydrogens (tertiary/aromatic N) is 3. The van der Waals surface area contributed by atoms with Crippen molar-refractivity contribution in [3.05, 3.63) is 176 Å². The molecule has 0 aliphatic heterocycles. The van der Waals surface area contributed by atoms with Gasteiger partial charge in [-0.2, -0.15) is 0 Å². The summed E-state index contributed by atoms with van der Waals surface area (Å²) in [5.74, 6) is 1.18. The fraction of sp³-hybridized carbons (Fsp3) is 0. The molecule has 0 unspecified atom stereocenters. The molecule has 0 saturated carbocycles. The van der Waals surface area contributed by atoms with Gasteiger partial charge in [-0.1, -0.05) is 115 Å². The maximum Gasteiger partial charge on any atom is 0.227 e. The molecule has 0 aliphatic carbocycles. The Labute approximate surface area is 293 Å². The van der Waals surface area contributed by atoms with Crippen LogP contribution in [0.4, 0.5) is 17.1 Å². The van der Waals surface area contributed by atoms with E-state index in [1.54, 1.807) is 0 Å². The third kappa shape index (κ3) is 4.94. The molecule has 5 nitrogen and oxygen atoms in total. The summed E-state index contributed by atoms with van der Waals surface area (Å²) in [6, 6.07) is 60.5. The van der Waals surface area contributed by atoms with Crippen LogP contribution in [0.15, 0.2) is 185 Å². The van der Waals surface area contributed by atoms with Gasteiger partial charge in [-0.25, -0.2) is 9.97 Å². The first kappa shape index (κ1) is 29.0. The maximum atomic E-state index is 6.43. The number of hydrogen-bond acceptors (Lipinski definition) is 5. The van der Waals surface area contributed by atoms with Crippen LogP contribution in [0.5, 0.6) is 0 Å². The van der Waals surface area contributed by atoms with Crippen LogP contribution in [-0.4, -0.2) is 9.97 Å². The zero-order chi connectivity index (χ0) is 33.7. The van der Waals surface area contributed by atoms with Crippen molar-refractivity contribution < 1.29 is 8.83 Å². The number of rotatable bonds is 6. The van der Waals surface area contributed by atoms with Crippen molar-refractivity contribution in [3.8, 4) is 34.0 Å². The Kier molecular flexibility index (Phi) is 6.74. The molecular weight excluding hydrogens is 627 g/mol. The van der Waals surface area contributed by atoms with Gasteiger partial charge in [0.2, 0.25) is 11.8 Å². The molecule has 0 bridgehead atoms. The van der Waals surface area contributed by atoms with E-state index in [2.05, 4.69) is 108 Å². The van der Waals surface area contributed by atoms with E-state index in [-0.39, 0.29) is 0 Å². The van der Waals surface area contributed by atoms with Gasteiger partial charge in [0, 0.05) is 33.7 Å². The van der Waals surface area contributed by atoms with Crippen molar-refractivity contribution in [1.29, 1.82) is 0 Å². The highest BCUT2D eigenvalue weighted by atomic mass is 16.4. The zero-order valence-corrected chi connectivity index (χ0v) is 27.4. The first-order chi connectivity index (χ1) is 25.3. The van der Waals surface area contributed by atoms with E-state index < -0.39 is 0 Å².